The molecule has 6 heteroatoms. The fourth-order valence-electron chi connectivity index (χ4n) is 1.20. The number of rotatable bonds is 0. The Hall–Kier alpha value is -0.370. The van der Waals surface area contributed by atoms with Gasteiger partial charge in [-0.15, -0.1) is 0 Å². The minimum atomic E-state index is -0.0897. The summed E-state index contributed by atoms with van der Waals surface area (Å²) in [6.07, 6.45) is 1.60. The molecule has 2 rings (SSSR count). The van der Waals surface area contributed by atoms with Gasteiger partial charge >= 0.3 is 0 Å². The lowest BCUT2D eigenvalue weighted by molar-refractivity contribution is -0.125. The van der Waals surface area contributed by atoms with Gasteiger partial charge in [-0.1, -0.05) is 22.6 Å². The van der Waals surface area contributed by atoms with Crippen molar-refractivity contribution < 1.29 is 4.79 Å². The van der Waals surface area contributed by atoms with Crippen molar-refractivity contribution in [2.75, 3.05) is 6.54 Å². The summed E-state index contributed by atoms with van der Waals surface area (Å²) in [6, 6.07) is -0.0897. The number of carbonyl (C=O) groups is 1. The van der Waals surface area contributed by atoms with Gasteiger partial charge < -0.3 is 0 Å². The molecule has 1 amide bonds. The lowest BCUT2D eigenvalue weighted by Gasteiger charge is -2.24. The molecular formula is C5H7IN4O. The number of hydrogen-bond donors (Lipinski definition) is 2. The van der Waals surface area contributed by atoms with Crippen LogP contribution < -0.4 is 10.9 Å². The van der Waals surface area contributed by atoms with Crippen LogP contribution in [0.15, 0.2) is 5.10 Å². The van der Waals surface area contributed by atoms with Crippen LogP contribution in [0.3, 0.4) is 0 Å². The molecule has 2 atom stereocenters. The van der Waals surface area contributed by atoms with Crippen molar-refractivity contribution >= 4 is 34.8 Å². The number of carbonyl (C=O) groups excluding carboxylic acids is 1. The molecule has 0 radical (unpaired) electrons. The third-order valence-electron chi connectivity index (χ3n) is 1.74. The molecule has 2 aliphatic rings. The zero-order valence-electron chi connectivity index (χ0n) is 5.62. The van der Waals surface area contributed by atoms with Crippen LogP contribution in [-0.2, 0) is 4.79 Å². The van der Waals surface area contributed by atoms with Gasteiger partial charge in [0.1, 0.15) is 12.4 Å². The van der Waals surface area contributed by atoms with E-state index >= 15 is 0 Å². The largest absolute Gasteiger partial charge is 0.283 e. The molecule has 2 heterocycles. The highest BCUT2D eigenvalue weighted by molar-refractivity contribution is 14.1. The number of nitrogens with zero attached hydrogens (tertiary/aromatic N) is 2. The fourth-order valence-corrected chi connectivity index (χ4v) is 2.07. The predicted molar refractivity (Wildman–Crippen MR) is 48.1 cm³/mol. The lowest BCUT2D eigenvalue weighted by Crippen LogP contribution is -2.50. The second-order valence-electron chi connectivity index (χ2n) is 2.45. The molecular weight excluding hydrogens is 259 g/mol. The molecule has 60 valence electrons. The van der Waals surface area contributed by atoms with Gasteiger partial charge in [0.2, 0.25) is 0 Å². The van der Waals surface area contributed by atoms with Crippen LogP contribution in [0.5, 0.6) is 0 Å². The Morgan fingerprint density at radius 3 is 3.36 bits per heavy atom. The quantitative estimate of drug-likeness (QED) is 0.439. The molecule has 0 aliphatic carbocycles. The number of nitrogens with one attached hydrogen (secondary N) is 2. The molecule has 0 bridgehead atoms. The zero-order valence-corrected chi connectivity index (χ0v) is 7.78. The van der Waals surface area contributed by atoms with Crippen molar-refractivity contribution in [2.24, 2.45) is 5.10 Å². The van der Waals surface area contributed by atoms with Gasteiger partial charge in [-0.05, 0) is 0 Å². The van der Waals surface area contributed by atoms with E-state index in [0.717, 1.165) is 6.54 Å². The molecule has 11 heavy (non-hydrogen) atoms. The molecule has 1 saturated heterocycles. The average Bonchev–Trinajstić information content (AvgIpc) is 2.34. The summed E-state index contributed by atoms with van der Waals surface area (Å²) >= 11 is 2.26. The number of hydrazine groups is 1. The first-order valence-corrected chi connectivity index (χ1v) is 4.52. The van der Waals surface area contributed by atoms with E-state index in [0.29, 0.717) is 3.92 Å². The minimum Gasteiger partial charge on any atom is -0.283 e. The van der Waals surface area contributed by atoms with Crippen LogP contribution in [0.1, 0.15) is 0 Å². The lowest BCUT2D eigenvalue weighted by atomic mass is 10.2. The summed E-state index contributed by atoms with van der Waals surface area (Å²) in [4.78, 5) is 11.2. The van der Waals surface area contributed by atoms with Crippen LogP contribution in [0.2, 0.25) is 0 Å². The Morgan fingerprint density at radius 2 is 2.64 bits per heavy atom. The van der Waals surface area contributed by atoms with Crippen molar-refractivity contribution in [1.82, 2.24) is 15.9 Å². The normalized spacial score (nSPS) is 35.4. The fraction of sp³-hybridized carbons (Fsp3) is 0.600. The number of halogens is 1. The number of amides is 1. The van der Waals surface area contributed by atoms with E-state index in [9.17, 15) is 4.79 Å². The van der Waals surface area contributed by atoms with Crippen molar-refractivity contribution in [1.29, 1.82) is 0 Å². The zero-order chi connectivity index (χ0) is 7.84. The Morgan fingerprint density at radius 1 is 1.82 bits per heavy atom. The Balaban J connectivity index is 2.24. The minimum absolute atomic E-state index is 0.0306. The maximum atomic E-state index is 11.2. The summed E-state index contributed by atoms with van der Waals surface area (Å²) in [7, 11) is 0. The number of hydrogen-bond acceptors (Lipinski definition) is 4. The SMILES string of the molecule is O=C1NN=CN2NCC(I)C12. The highest BCUT2D eigenvalue weighted by Gasteiger charge is 2.38. The number of hydrazone groups is 1. The highest BCUT2D eigenvalue weighted by Crippen LogP contribution is 2.17. The van der Waals surface area contributed by atoms with Crippen LogP contribution in [-0.4, -0.2) is 33.8 Å². The van der Waals surface area contributed by atoms with Crippen LogP contribution >= 0.6 is 22.6 Å². The number of alkyl halides is 1. The molecule has 5 nitrogen and oxygen atoms in total. The summed E-state index contributed by atoms with van der Waals surface area (Å²) in [5.41, 5.74) is 5.48. The van der Waals surface area contributed by atoms with Crippen molar-refractivity contribution in [2.45, 2.75) is 9.97 Å². The Bertz CT molecular complexity index is 219. The van der Waals surface area contributed by atoms with Gasteiger partial charge in [-0.2, -0.15) is 5.10 Å². The van der Waals surface area contributed by atoms with Crippen molar-refractivity contribution in [3.63, 3.8) is 0 Å². The Kier molecular flexibility index (Phi) is 1.72. The summed E-state index contributed by atoms with van der Waals surface area (Å²) in [6.45, 7) is 0.824. The first-order chi connectivity index (χ1) is 5.29. The van der Waals surface area contributed by atoms with E-state index in [-0.39, 0.29) is 11.9 Å². The first-order valence-electron chi connectivity index (χ1n) is 3.28. The van der Waals surface area contributed by atoms with Crippen LogP contribution in [0.4, 0.5) is 0 Å². The molecule has 0 saturated carbocycles. The van der Waals surface area contributed by atoms with E-state index in [1.54, 1.807) is 11.3 Å². The summed E-state index contributed by atoms with van der Waals surface area (Å²) in [5, 5.41) is 5.42. The standard InChI is InChI=1S/C5H7IN4O/c6-3-1-8-10-2-7-9-5(11)4(3)10/h2-4,8H,1H2,(H,9,11). The monoisotopic (exact) mass is 266 g/mol. The highest BCUT2D eigenvalue weighted by atomic mass is 127. The molecule has 0 aromatic rings. The molecule has 1 fully saturated rings. The van der Waals surface area contributed by atoms with Gasteiger partial charge in [0.05, 0.1) is 3.92 Å². The van der Waals surface area contributed by atoms with E-state index < -0.39 is 0 Å². The van der Waals surface area contributed by atoms with Crippen molar-refractivity contribution in [3.05, 3.63) is 0 Å². The summed E-state index contributed by atoms with van der Waals surface area (Å²) < 4.78 is 0.319. The Labute approximate surface area is 77.3 Å². The maximum Gasteiger partial charge on any atom is 0.265 e. The van der Waals surface area contributed by atoms with Gasteiger partial charge in [0, 0.05) is 6.54 Å². The number of fused-ring (bicyclic) bond motifs is 1. The topological polar surface area (TPSA) is 56.7 Å². The van der Waals surface area contributed by atoms with E-state index in [2.05, 4.69) is 38.5 Å². The molecule has 2 N–H and O–H groups in total. The summed E-state index contributed by atoms with van der Waals surface area (Å²) in [5.74, 6) is -0.0306. The molecule has 0 aromatic heterocycles. The van der Waals surface area contributed by atoms with Gasteiger partial charge in [0.25, 0.3) is 5.91 Å². The second-order valence-corrected chi connectivity index (χ2v) is 4.05. The van der Waals surface area contributed by atoms with E-state index in [1.165, 1.54) is 0 Å². The average molecular weight is 266 g/mol. The third kappa shape index (κ3) is 1.09. The predicted octanol–water partition coefficient (Wildman–Crippen LogP) is -0.948. The van der Waals surface area contributed by atoms with Gasteiger partial charge in [0.15, 0.2) is 0 Å². The molecule has 2 unspecified atom stereocenters. The van der Waals surface area contributed by atoms with Crippen LogP contribution in [0.25, 0.3) is 0 Å². The first kappa shape index (κ1) is 7.29. The molecule has 0 spiro atoms. The van der Waals surface area contributed by atoms with Gasteiger partial charge in [-0.25, -0.2) is 10.9 Å². The van der Waals surface area contributed by atoms with E-state index in [1.807, 2.05) is 0 Å². The molecule has 2 aliphatic heterocycles. The van der Waals surface area contributed by atoms with E-state index in [4.69, 9.17) is 0 Å². The molecule has 0 aromatic carbocycles. The van der Waals surface area contributed by atoms with Crippen LogP contribution in [0, 0.1) is 0 Å². The third-order valence-corrected chi connectivity index (χ3v) is 2.86. The van der Waals surface area contributed by atoms with Gasteiger partial charge in [-0.3, -0.25) is 9.80 Å². The second kappa shape index (κ2) is 2.59. The maximum absolute atomic E-state index is 11.2. The smallest absolute Gasteiger partial charge is 0.265 e. The van der Waals surface area contributed by atoms with Crippen molar-refractivity contribution in [3.8, 4) is 0 Å².